The number of hydrogen-bond acceptors (Lipinski definition) is 4. The van der Waals surface area contributed by atoms with E-state index >= 15 is 0 Å². The summed E-state index contributed by atoms with van der Waals surface area (Å²) < 4.78 is 15.9. The van der Waals surface area contributed by atoms with Gasteiger partial charge in [0.2, 0.25) is 0 Å². The van der Waals surface area contributed by atoms with Crippen molar-refractivity contribution < 1.29 is 13.3 Å². The van der Waals surface area contributed by atoms with Gasteiger partial charge in [-0.1, -0.05) is 0 Å². The van der Waals surface area contributed by atoms with Gasteiger partial charge in [0.25, 0.3) is 0 Å². The van der Waals surface area contributed by atoms with Gasteiger partial charge in [-0.15, -0.1) is 0 Å². The van der Waals surface area contributed by atoms with Crippen LogP contribution >= 0.6 is 0 Å². The van der Waals surface area contributed by atoms with Crippen molar-refractivity contribution in [2.75, 3.05) is 34.9 Å². The fraction of sp³-hybridized carbons (Fsp3) is 1.00. The molecule has 0 aliphatic carbocycles. The van der Waals surface area contributed by atoms with Crippen LogP contribution in [0.1, 0.15) is 12.8 Å². The maximum Gasteiger partial charge on any atom is 0.500 e. The lowest BCUT2D eigenvalue weighted by atomic mass is 10.3. The summed E-state index contributed by atoms with van der Waals surface area (Å²) in [6, 6.07) is 0.887. The van der Waals surface area contributed by atoms with E-state index in [0.29, 0.717) is 0 Å². The molecule has 0 unspecified atom stereocenters. The Morgan fingerprint density at radius 3 is 1.92 bits per heavy atom. The van der Waals surface area contributed by atoms with E-state index in [0.717, 1.165) is 25.4 Å². The number of nitrogens with one attached hydrogen (secondary N) is 1. The zero-order valence-corrected chi connectivity index (χ0v) is 10.1. The molecule has 0 aliphatic heterocycles. The normalized spacial score (nSPS) is 12.0. The Morgan fingerprint density at radius 1 is 1.00 bits per heavy atom. The Labute approximate surface area is 81.9 Å². The van der Waals surface area contributed by atoms with E-state index < -0.39 is 8.80 Å². The van der Waals surface area contributed by atoms with E-state index in [1.54, 1.807) is 21.3 Å². The van der Waals surface area contributed by atoms with Crippen LogP contribution in [0.15, 0.2) is 0 Å². The van der Waals surface area contributed by atoms with Crippen molar-refractivity contribution in [3.8, 4) is 0 Å². The Morgan fingerprint density at radius 2 is 1.54 bits per heavy atom. The summed E-state index contributed by atoms with van der Waals surface area (Å²) >= 11 is 0. The van der Waals surface area contributed by atoms with Crippen molar-refractivity contribution in [2.24, 2.45) is 0 Å². The Hall–Kier alpha value is 0.0569. The molecule has 4 nitrogen and oxygen atoms in total. The Bertz CT molecular complexity index is 112. The highest BCUT2D eigenvalue weighted by Gasteiger charge is 2.36. The molecule has 0 aliphatic rings. The van der Waals surface area contributed by atoms with Crippen LogP contribution < -0.4 is 5.32 Å². The minimum Gasteiger partial charge on any atom is -0.377 e. The van der Waals surface area contributed by atoms with Crippen LogP contribution in [-0.4, -0.2) is 43.7 Å². The standard InChI is InChI=1S/C8H21NO3Si/c1-9-7-5-6-8-13(10-2,11-3)12-4/h9H,5-8H2,1-4H3. The third kappa shape index (κ3) is 4.73. The van der Waals surface area contributed by atoms with Crippen molar-refractivity contribution in [2.45, 2.75) is 18.9 Å². The zero-order valence-electron chi connectivity index (χ0n) is 9.05. The van der Waals surface area contributed by atoms with Crippen LogP contribution in [0.4, 0.5) is 0 Å². The van der Waals surface area contributed by atoms with Crippen LogP contribution in [0.5, 0.6) is 0 Å². The fourth-order valence-electron chi connectivity index (χ4n) is 1.20. The van der Waals surface area contributed by atoms with E-state index in [9.17, 15) is 0 Å². The van der Waals surface area contributed by atoms with Gasteiger partial charge >= 0.3 is 8.80 Å². The molecular formula is C8H21NO3Si. The van der Waals surface area contributed by atoms with Crippen LogP contribution in [-0.2, 0) is 13.3 Å². The third-order valence-electron chi connectivity index (χ3n) is 2.09. The number of unbranched alkanes of at least 4 members (excludes halogenated alkanes) is 1. The van der Waals surface area contributed by atoms with E-state index in [1.807, 2.05) is 7.05 Å². The van der Waals surface area contributed by atoms with Crippen molar-refractivity contribution in [1.29, 1.82) is 0 Å². The van der Waals surface area contributed by atoms with Gasteiger partial charge in [-0.2, -0.15) is 0 Å². The molecule has 80 valence electrons. The average Bonchev–Trinajstić information content (AvgIpc) is 2.20. The van der Waals surface area contributed by atoms with E-state index in [1.165, 1.54) is 0 Å². The first-order valence-corrected chi connectivity index (χ1v) is 6.48. The summed E-state index contributed by atoms with van der Waals surface area (Å²) in [6.07, 6.45) is 2.20. The summed E-state index contributed by atoms with van der Waals surface area (Å²) in [7, 11) is 4.61. The molecule has 0 bridgehead atoms. The highest BCUT2D eigenvalue weighted by atomic mass is 28.4. The van der Waals surface area contributed by atoms with E-state index in [2.05, 4.69) is 5.32 Å². The van der Waals surface area contributed by atoms with Crippen molar-refractivity contribution >= 4 is 8.80 Å². The van der Waals surface area contributed by atoms with Gasteiger partial charge in [-0.3, -0.25) is 0 Å². The second kappa shape index (κ2) is 7.46. The predicted octanol–water partition coefficient (Wildman–Crippen LogP) is 0.864. The first-order chi connectivity index (χ1) is 6.24. The number of hydrogen-bond donors (Lipinski definition) is 1. The summed E-state index contributed by atoms with van der Waals surface area (Å²) in [4.78, 5) is 0. The van der Waals surface area contributed by atoms with Gasteiger partial charge in [0.05, 0.1) is 0 Å². The minimum absolute atomic E-state index is 0.887. The van der Waals surface area contributed by atoms with Gasteiger partial charge in [-0.05, 0) is 26.4 Å². The van der Waals surface area contributed by atoms with Crippen molar-refractivity contribution in [3.63, 3.8) is 0 Å². The molecule has 0 saturated heterocycles. The first-order valence-electron chi connectivity index (χ1n) is 4.54. The molecule has 0 saturated carbocycles. The lowest BCUT2D eigenvalue weighted by Gasteiger charge is -2.24. The number of rotatable bonds is 8. The van der Waals surface area contributed by atoms with Gasteiger partial charge < -0.3 is 18.6 Å². The van der Waals surface area contributed by atoms with Crippen LogP contribution in [0.25, 0.3) is 0 Å². The summed E-state index contributed by atoms with van der Waals surface area (Å²) in [6.45, 7) is 1.03. The molecule has 0 spiro atoms. The topological polar surface area (TPSA) is 39.7 Å². The monoisotopic (exact) mass is 207 g/mol. The molecule has 0 aromatic rings. The molecule has 1 N–H and O–H groups in total. The van der Waals surface area contributed by atoms with Gasteiger partial charge in [-0.25, -0.2) is 0 Å². The van der Waals surface area contributed by atoms with Crippen molar-refractivity contribution in [1.82, 2.24) is 5.32 Å². The lowest BCUT2D eigenvalue weighted by molar-refractivity contribution is 0.123. The average molecular weight is 207 g/mol. The smallest absolute Gasteiger partial charge is 0.377 e. The summed E-state index contributed by atoms with van der Waals surface area (Å²) in [5, 5.41) is 3.10. The first kappa shape index (κ1) is 13.1. The van der Waals surface area contributed by atoms with E-state index in [-0.39, 0.29) is 0 Å². The van der Waals surface area contributed by atoms with Crippen LogP contribution in [0.3, 0.4) is 0 Å². The zero-order chi connectivity index (χ0) is 10.2. The van der Waals surface area contributed by atoms with Crippen LogP contribution in [0, 0.1) is 0 Å². The second-order valence-corrected chi connectivity index (χ2v) is 5.95. The molecule has 5 heteroatoms. The maximum absolute atomic E-state index is 5.29. The summed E-state index contributed by atoms with van der Waals surface area (Å²) in [5.74, 6) is 0. The molecule has 13 heavy (non-hydrogen) atoms. The molecule has 0 radical (unpaired) electrons. The van der Waals surface area contributed by atoms with Crippen LogP contribution in [0.2, 0.25) is 6.04 Å². The molecule has 0 atom stereocenters. The van der Waals surface area contributed by atoms with Crippen molar-refractivity contribution in [3.05, 3.63) is 0 Å². The minimum atomic E-state index is -2.30. The highest BCUT2D eigenvalue weighted by molar-refractivity contribution is 6.60. The van der Waals surface area contributed by atoms with Gasteiger partial charge in [0, 0.05) is 27.4 Å². The van der Waals surface area contributed by atoms with E-state index in [4.69, 9.17) is 13.3 Å². The Kier molecular flexibility index (Phi) is 7.49. The lowest BCUT2D eigenvalue weighted by Crippen LogP contribution is -2.42. The quantitative estimate of drug-likeness (QED) is 0.473. The predicted molar refractivity (Wildman–Crippen MR) is 54.7 cm³/mol. The SMILES string of the molecule is CNCCCC[Si](OC)(OC)OC. The highest BCUT2D eigenvalue weighted by Crippen LogP contribution is 2.15. The molecular weight excluding hydrogens is 186 g/mol. The molecule has 0 heterocycles. The summed E-state index contributed by atoms with van der Waals surface area (Å²) in [5.41, 5.74) is 0. The molecule has 0 fully saturated rings. The molecule has 0 aromatic carbocycles. The van der Waals surface area contributed by atoms with Gasteiger partial charge in [0.15, 0.2) is 0 Å². The maximum atomic E-state index is 5.29. The molecule has 0 aromatic heterocycles. The third-order valence-corrected chi connectivity index (χ3v) is 4.92. The molecule has 0 amide bonds. The molecule has 0 rings (SSSR count). The second-order valence-electron chi connectivity index (χ2n) is 2.86. The largest absolute Gasteiger partial charge is 0.500 e. The fourth-order valence-corrected chi connectivity index (χ4v) is 2.99. The Balaban J connectivity index is 3.68. The van der Waals surface area contributed by atoms with Gasteiger partial charge in [0.1, 0.15) is 0 Å².